The molecule has 0 amide bonds. The normalized spacial score (nSPS) is 22.1. The molecular weight excluding hydrogens is 536 g/mol. The van der Waals surface area contributed by atoms with Crippen LogP contribution in [-0.2, 0) is 19.5 Å². The third kappa shape index (κ3) is 6.75. The summed E-state index contributed by atoms with van der Waals surface area (Å²) in [5, 5.41) is 21.6. The Kier molecular flexibility index (Phi) is 8.54. The zero-order valence-electron chi connectivity index (χ0n) is 18.0. The summed E-state index contributed by atoms with van der Waals surface area (Å²) in [5.41, 5.74) is -0.208. The van der Waals surface area contributed by atoms with Crippen molar-refractivity contribution in [2.24, 2.45) is 0 Å². The number of hydrogen-bond acceptors (Lipinski definition) is 8. The molecule has 2 aromatic rings. The fourth-order valence-corrected chi connectivity index (χ4v) is 6.14. The molecule has 0 aliphatic carbocycles. The van der Waals surface area contributed by atoms with Crippen LogP contribution in [0, 0.1) is 10.1 Å². The smallest absolute Gasteiger partial charge is 0.269 e. The van der Waals surface area contributed by atoms with Crippen molar-refractivity contribution in [3.8, 4) is 0 Å². The highest BCUT2D eigenvalue weighted by molar-refractivity contribution is 9.09. The van der Waals surface area contributed by atoms with E-state index in [1.54, 1.807) is 13.8 Å². The first kappa shape index (κ1) is 26.1. The van der Waals surface area contributed by atoms with Gasteiger partial charge in [0.05, 0.1) is 22.0 Å². The van der Waals surface area contributed by atoms with E-state index >= 15 is 0 Å². The number of aliphatic hydroxyl groups is 1. The summed E-state index contributed by atoms with van der Waals surface area (Å²) in [6.07, 6.45) is -2.48. The Balaban J connectivity index is 1.89. The number of benzene rings is 2. The first-order chi connectivity index (χ1) is 15.5. The number of nitrogens with one attached hydrogen (secondary N) is 1. The predicted octanol–water partition coefficient (Wildman–Crippen LogP) is 3.31. The Morgan fingerprint density at radius 2 is 1.76 bits per heavy atom. The molecule has 9 nitrogen and oxygen atoms in total. The quantitative estimate of drug-likeness (QED) is 0.196. The van der Waals surface area contributed by atoms with Crippen LogP contribution in [0.1, 0.15) is 13.8 Å². The van der Waals surface area contributed by atoms with E-state index in [9.17, 15) is 23.6 Å². The van der Waals surface area contributed by atoms with Crippen LogP contribution in [0.2, 0.25) is 0 Å². The van der Waals surface area contributed by atoms with Gasteiger partial charge >= 0.3 is 0 Å². The van der Waals surface area contributed by atoms with Gasteiger partial charge in [-0.25, -0.2) is 13.1 Å². The highest BCUT2D eigenvalue weighted by Crippen LogP contribution is 2.34. The number of ether oxygens (including phenoxy) is 2. The largest absolute Gasteiger partial charge is 0.389 e. The minimum Gasteiger partial charge on any atom is -0.389 e. The summed E-state index contributed by atoms with van der Waals surface area (Å²) in [5.74, 6) is -0.723. The molecule has 1 heterocycles. The molecule has 180 valence electrons. The van der Waals surface area contributed by atoms with Crippen LogP contribution < -0.4 is 4.72 Å². The number of sulfonamides is 1. The third-order valence-electron chi connectivity index (χ3n) is 4.93. The van der Waals surface area contributed by atoms with Gasteiger partial charge in [0.2, 0.25) is 10.0 Å². The number of nitro groups is 1. The summed E-state index contributed by atoms with van der Waals surface area (Å²) in [6.45, 7) is 3.40. The highest BCUT2D eigenvalue weighted by atomic mass is 79.9. The Labute approximate surface area is 205 Å². The molecule has 0 bridgehead atoms. The summed E-state index contributed by atoms with van der Waals surface area (Å²) in [4.78, 5) is 11.1. The average molecular weight is 561 g/mol. The lowest BCUT2D eigenvalue weighted by Crippen LogP contribution is -2.52. The van der Waals surface area contributed by atoms with Crippen molar-refractivity contribution in [2.75, 3.05) is 11.1 Å². The number of non-ortho nitro benzene ring substituents is 1. The number of hydrogen-bond donors (Lipinski definition) is 2. The van der Waals surface area contributed by atoms with Crippen molar-refractivity contribution in [1.82, 2.24) is 4.72 Å². The van der Waals surface area contributed by atoms with Crippen molar-refractivity contribution >= 4 is 43.4 Å². The molecule has 1 saturated heterocycles. The summed E-state index contributed by atoms with van der Waals surface area (Å²) >= 11 is 4.68. The molecule has 2 N–H and O–H groups in total. The number of thioether (sulfide) groups is 1. The molecule has 3 rings (SSSR count). The van der Waals surface area contributed by atoms with Crippen LogP contribution in [0.25, 0.3) is 0 Å². The van der Waals surface area contributed by atoms with Gasteiger partial charge in [-0.3, -0.25) is 10.1 Å². The van der Waals surface area contributed by atoms with Crippen LogP contribution in [0.3, 0.4) is 0 Å². The number of nitro benzene ring substituents is 1. The second-order valence-electron chi connectivity index (χ2n) is 7.89. The van der Waals surface area contributed by atoms with E-state index < -0.39 is 45.1 Å². The lowest BCUT2D eigenvalue weighted by molar-refractivity contribution is -0.384. The van der Waals surface area contributed by atoms with Crippen molar-refractivity contribution in [2.45, 2.75) is 53.8 Å². The lowest BCUT2D eigenvalue weighted by Gasteiger charge is -2.29. The van der Waals surface area contributed by atoms with E-state index in [1.165, 1.54) is 23.9 Å². The molecule has 1 aliphatic heterocycles. The summed E-state index contributed by atoms with van der Waals surface area (Å²) in [6, 6.07) is 13.3. The van der Waals surface area contributed by atoms with Gasteiger partial charge in [-0.15, -0.1) is 11.8 Å². The van der Waals surface area contributed by atoms with Gasteiger partial charge in [-0.05, 0) is 38.1 Å². The first-order valence-corrected chi connectivity index (χ1v) is 13.7. The van der Waals surface area contributed by atoms with Gasteiger partial charge in [0, 0.05) is 28.1 Å². The first-order valence-electron chi connectivity index (χ1n) is 10.1. The minimum atomic E-state index is -4.05. The molecule has 0 spiro atoms. The molecule has 0 unspecified atom stereocenters. The van der Waals surface area contributed by atoms with E-state index in [2.05, 4.69) is 20.7 Å². The van der Waals surface area contributed by atoms with E-state index in [-0.39, 0.29) is 15.9 Å². The number of alkyl halides is 1. The fourth-order valence-electron chi connectivity index (χ4n) is 3.43. The van der Waals surface area contributed by atoms with Crippen LogP contribution in [-0.4, -0.2) is 59.7 Å². The topological polar surface area (TPSA) is 128 Å². The van der Waals surface area contributed by atoms with E-state index in [1.807, 2.05) is 30.3 Å². The number of nitrogens with zero attached hydrogens (tertiary/aromatic N) is 1. The molecule has 2 aromatic carbocycles. The van der Waals surface area contributed by atoms with Crippen molar-refractivity contribution in [3.05, 3.63) is 64.7 Å². The Hall–Kier alpha value is -1.54. The number of aliphatic hydroxyl groups excluding tert-OH is 1. The van der Waals surface area contributed by atoms with Crippen LogP contribution in [0.5, 0.6) is 0 Å². The standard InChI is InChI=1S/C21H25BrN2O7S2/c1-21(2)30-19(20(31-21)18(25)12-22)17(13-32-15-6-4-3-5-7-15)23-33(28,29)16-10-8-14(9-11-16)24(26)27/h3-11,17-20,23,25H,12-13H2,1-2H3/t17-,18-,19-,20-/m1/s1. The van der Waals surface area contributed by atoms with E-state index in [4.69, 9.17) is 9.47 Å². The maximum Gasteiger partial charge on any atom is 0.269 e. The maximum atomic E-state index is 13.1. The molecule has 12 heteroatoms. The molecule has 0 aromatic heterocycles. The molecule has 4 atom stereocenters. The van der Waals surface area contributed by atoms with Gasteiger partial charge in [0.1, 0.15) is 12.2 Å². The van der Waals surface area contributed by atoms with Crippen molar-refractivity contribution < 1.29 is 27.9 Å². The average Bonchev–Trinajstić information content (AvgIpc) is 3.12. The molecule has 0 radical (unpaired) electrons. The molecule has 33 heavy (non-hydrogen) atoms. The zero-order chi connectivity index (χ0) is 24.2. The van der Waals surface area contributed by atoms with Crippen molar-refractivity contribution in [1.29, 1.82) is 0 Å². The van der Waals surface area contributed by atoms with E-state index in [0.717, 1.165) is 17.0 Å². The van der Waals surface area contributed by atoms with E-state index in [0.29, 0.717) is 5.75 Å². The van der Waals surface area contributed by atoms with Crippen LogP contribution in [0.15, 0.2) is 64.4 Å². The molecule has 1 aliphatic rings. The second-order valence-corrected chi connectivity index (χ2v) is 11.3. The number of rotatable bonds is 10. The lowest BCUT2D eigenvalue weighted by atomic mass is 10.0. The van der Waals surface area contributed by atoms with Gasteiger partial charge < -0.3 is 14.6 Å². The molecule has 0 saturated carbocycles. The number of halogens is 1. The second kappa shape index (κ2) is 10.8. The summed E-state index contributed by atoms with van der Waals surface area (Å²) < 4.78 is 40.9. The summed E-state index contributed by atoms with van der Waals surface area (Å²) in [7, 11) is -4.05. The van der Waals surface area contributed by atoms with Gasteiger partial charge in [-0.2, -0.15) is 0 Å². The molecule has 1 fully saturated rings. The molecular formula is C21H25BrN2O7S2. The zero-order valence-corrected chi connectivity index (χ0v) is 21.2. The highest BCUT2D eigenvalue weighted by Gasteiger charge is 2.48. The van der Waals surface area contributed by atoms with Crippen LogP contribution in [0.4, 0.5) is 5.69 Å². The van der Waals surface area contributed by atoms with Gasteiger partial charge in [0.15, 0.2) is 5.79 Å². The van der Waals surface area contributed by atoms with Crippen molar-refractivity contribution in [3.63, 3.8) is 0 Å². The Bertz CT molecular complexity index is 1050. The monoisotopic (exact) mass is 560 g/mol. The fraction of sp³-hybridized carbons (Fsp3) is 0.429. The van der Waals surface area contributed by atoms with Crippen LogP contribution >= 0.6 is 27.7 Å². The Morgan fingerprint density at radius 3 is 2.33 bits per heavy atom. The predicted molar refractivity (Wildman–Crippen MR) is 128 cm³/mol. The third-order valence-corrected chi connectivity index (χ3v) is 8.24. The maximum absolute atomic E-state index is 13.1. The Morgan fingerprint density at radius 1 is 1.15 bits per heavy atom. The SMILES string of the molecule is CC1(C)O[C@H]([C@H](O)CBr)[C@@H]([C@@H](CSc2ccccc2)NS(=O)(=O)c2ccc([N+](=O)[O-])cc2)O1. The minimum absolute atomic E-state index is 0.112. The van der Waals surface area contributed by atoms with Gasteiger partial charge in [-0.1, -0.05) is 34.1 Å². The van der Waals surface area contributed by atoms with Gasteiger partial charge in [0.25, 0.3) is 5.69 Å².